The van der Waals surface area contributed by atoms with E-state index >= 15 is 0 Å². The highest BCUT2D eigenvalue weighted by atomic mass is 32.2. The molecule has 0 saturated carbocycles. The third kappa shape index (κ3) is 2.58. The van der Waals surface area contributed by atoms with Crippen LogP contribution in [0.2, 0.25) is 0 Å². The molecule has 1 aliphatic heterocycles. The van der Waals surface area contributed by atoms with E-state index in [9.17, 15) is 8.42 Å². The molecule has 1 unspecified atom stereocenters. The van der Waals surface area contributed by atoms with Gasteiger partial charge in [-0.15, -0.1) is 0 Å². The van der Waals surface area contributed by atoms with Gasteiger partial charge in [-0.3, -0.25) is 0 Å². The molecular weight excluding hydrogens is 292 g/mol. The van der Waals surface area contributed by atoms with Gasteiger partial charge in [-0.25, -0.2) is 13.4 Å². The van der Waals surface area contributed by atoms with Gasteiger partial charge in [0.15, 0.2) is 9.84 Å². The van der Waals surface area contributed by atoms with Crippen molar-refractivity contribution >= 4 is 26.7 Å². The first-order chi connectivity index (χ1) is 10.00. The standard InChI is InChI=1S/C13H16N4O3S/c14-12(16-18)7-13-15-10-3-1-2-4-11(10)17(13)9-5-6-21(19,20)8-9/h1-4,9,18H,5-8H2,(H2,14,16). The van der Waals surface area contributed by atoms with Crippen molar-refractivity contribution < 1.29 is 13.6 Å². The van der Waals surface area contributed by atoms with E-state index in [1.807, 2.05) is 28.8 Å². The Morgan fingerprint density at radius 2 is 2.24 bits per heavy atom. The quantitative estimate of drug-likeness (QED) is 0.375. The Bertz CT molecular complexity index is 810. The molecule has 0 bridgehead atoms. The Kier molecular flexibility index (Phi) is 3.32. The number of aromatic nitrogens is 2. The second-order valence-corrected chi connectivity index (χ2v) is 7.44. The number of benzene rings is 1. The molecule has 8 heteroatoms. The number of nitrogens with two attached hydrogens (primary N) is 1. The third-order valence-corrected chi connectivity index (χ3v) is 5.46. The van der Waals surface area contributed by atoms with Crippen LogP contribution in [0.4, 0.5) is 0 Å². The summed E-state index contributed by atoms with van der Waals surface area (Å²) in [5.41, 5.74) is 7.23. The van der Waals surface area contributed by atoms with Gasteiger partial charge >= 0.3 is 0 Å². The highest BCUT2D eigenvalue weighted by Gasteiger charge is 2.31. The van der Waals surface area contributed by atoms with Gasteiger partial charge in [-0.2, -0.15) is 0 Å². The van der Waals surface area contributed by atoms with E-state index in [0.29, 0.717) is 12.2 Å². The molecule has 112 valence electrons. The van der Waals surface area contributed by atoms with Crippen LogP contribution in [0, 0.1) is 0 Å². The summed E-state index contributed by atoms with van der Waals surface area (Å²) in [5, 5.41) is 11.7. The largest absolute Gasteiger partial charge is 0.409 e. The predicted octanol–water partition coefficient (Wildman–Crippen LogP) is 0.685. The van der Waals surface area contributed by atoms with Crippen LogP contribution in [0.1, 0.15) is 18.3 Å². The van der Waals surface area contributed by atoms with Crippen LogP contribution in [-0.4, -0.2) is 40.5 Å². The summed E-state index contributed by atoms with van der Waals surface area (Å²) < 4.78 is 25.4. The number of oxime groups is 1. The normalized spacial score (nSPS) is 21.9. The van der Waals surface area contributed by atoms with Crippen LogP contribution in [0.5, 0.6) is 0 Å². The fraction of sp³-hybridized carbons (Fsp3) is 0.385. The first-order valence-corrected chi connectivity index (χ1v) is 8.45. The maximum atomic E-state index is 11.7. The third-order valence-electron chi connectivity index (χ3n) is 3.71. The SMILES string of the molecule is NC(Cc1nc2ccccc2n1C1CCS(=O)(=O)C1)=NO. The number of nitrogens with zero attached hydrogens (tertiary/aromatic N) is 3. The van der Waals surface area contributed by atoms with Gasteiger partial charge in [-0.1, -0.05) is 17.3 Å². The van der Waals surface area contributed by atoms with E-state index in [4.69, 9.17) is 10.9 Å². The van der Waals surface area contributed by atoms with E-state index in [-0.39, 0.29) is 29.8 Å². The molecule has 1 fully saturated rings. The number of fused-ring (bicyclic) bond motifs is 1. The van der Waals surface area contributed by atoms with Gasteiger partial charge in [-0.05, 0) is 18.6 Å². The van der Waals surface area contributed by atoms with Crippen molar-refractivity contribution in [1.29, 1.82) is 0 Å². The van der Waals surface area contributed by atoms with Crippen LogP contribution >= 0.6 is 0 Å². The lowest BCUT2D eigenvalue weighted by molar-refractivity contribution is 0.317. The molecule has 21 heavy (non-hydrogen) atoms. The van der Waals surface area contributed by atoms with Gasteiger partial charge in [0.25, 0.3) is 0 Å². The second kappa shape index (κ2) is 5.03. The lowest BCUT2D eigenvalue weighted by Crippen LogP contribution is -2.20. The van der Waals surface area contributed by atoms with E-state index in [0.717, 1.165) is 11.0 Å². The smallest absolute Gasteiger partial charge is 0.152 e. The average molecular weight is 308 g/mol. The van der Waals surface area contributed by atoms with Crippen LogP contribution in [0.25, 0.3) is 11.0 Å². The van der Waals surface area contributed by atoms with Crippen molar-refractivity contribution in [2.24, 2.45) is 10.9 Å². The van der Waals surface area contributed by atoms with Crippen LogP contribution in [0.15, 0.2) is 29.4 Å². The van der Waals surface area contributed by atoms with Crippen molar-refractivity contribution in [1.82, 2.24) is 9.55 Å². The maximum Gasteiger partial charge on any atom is 0.152 e. The summed E-state index contributed by atoms with van der Waals surface area (Å²) in [5.74, 6) is 0.963. The monoisotopic (exact) mass is 308 g/mol. The van der Waals surface area contributed by atoms with E-state index in [1.165, 1.54) is 0 Å². The number of imidazole rings is 1. The van der Waals surface area contributed by atoms with Gasteiger partial charge in [0.2, 0.25) is 0 Å². The molecule has 0 spiro atoms. The highest BCUT2D eigenvalue weighted by Crippen LogP contribution is 2.29. The lowest BCUT2D eigenvalue weighted by atomic mass is 10.2. The summed E-state index contributed by atoms with van der Waals surface area (Å²) in [6.07, 6.45) is 0.744. The fourth-order valence-electron chi connectivity index (χ4n) is 2.80. The molecule has 0 aliphatic carbocycles. The van der Waals surface area contributed by atoms with Crippen LogP contribution < -0.4 is 5.73 Å². The summed E-state index contributed by atoms with van der Waals surface area (Å²) in [4.78, 5) is 4.49. The average Bonchev–Trinajstić information content (AvgIpc) is 2.98. The summed E-state index contributed by atoms with van der Waals surface area (Å²) in [6.45, 7) is 0. The zero-order valence-electron chi connectivity index (χ0n) is 11.3. The van der Waals surface area contributed by atoms with Gasteiger partial charge in [0.05, 0.1) is 35.0 Å². The van der Waals surface area contributed by atoms with Gasteiger partial charge in [0.1, 0.15) is 11.7 Å². The molecule has 1 aromatic carbocycles. The molecule has 0 amide bonds. The van der Waals surface area contributed by atoms with Crippen LogP contribution in [-0.2, 0) is 16.3 Å². The van der Waals surface area contributed by atoms with E-state index in [1.54, 1.807) is 0 Å². The minimum Gasteiger partial charge on any atom is -0.409 e. The Balaban J connectivity index is 2.12. The van der Waals surface area contributed by atoms with Crippen molar-refractivity contribution in [2.75, 3.05) is 11.5 Å². The zero-order valence-corrected chi connectivity index (χ0v) is 12.1. The number of hydrogen-bond donors (Lipinski definition) is 2. The van der Waals surface area contributed by atoms with Crippen molar-refractivity contribution in [3.63, 3.8) is 0 Å². The number of amidine groups is 1. The molecule has 3 rings (SSSR count). The van der Waals surface area contributed by atoms with E-state index < -0.39 is 9.84 Å². The molecule has 1 aliphatic rings. The van der Waals surface area contributed by atoms with Crippen molar-refractivity contribution in [2.45, 2.75) is 18.9 Å². The minimum absolute atomic E-state index is 0.0485. The molecular formula is C13H16N4O3S. The van der Waals surface area contributed by atoms with Crippen molar-refractivity contribution in [3.05, 3.63) is 30.1 Å². The Labute approximate surface area is 122 Å². The maximum absolute atomic E-state index is 11.7. The Morgan fingerprint density at radius 3 is 2.90 bits per heavy atom. The summed E-state index contributed by atoms with van der Waals surface area (Å²) in [7, 11) is -3.00. The zero-order chi connectivity index (χ0) is 15.0. The lowest BCUT2D eigenvalue weighted by Gasteiger charge is -2.15. The minimum atomic E-state index is -3.00. The van der Waals surface area contributed by atoms with Gasteiger partial charge < -0.3 is 15.5 Å². The number of para-hydroxylation sites is 2. The number of sulfone groups is 1. The number of rotatable bonds is 3. The molecule has 1 saturated heterocycles. The first kappa shape index (κ1) is 13.9. The highest BCUT2D eigenvalue weighted by molar-refractivity contribution is 7.91. The molecule has 3 N–H and O–H groups in total. The Morgan fingerprint density at radius 1 is 1.48 bits per heavy atom. The second-order valence-electron chi connectivity index (χ2n) is 5.21. The molecule has 1 aromatic heterocycles. The molecule has 7 nitrogen and oxygen atoms in total. The van der Waals surface area contributed by atoms with Gasteiger partial charge in [0, 0.05) is 0 Å². The summed E-state index contributed by atoms with van der Waals surface area (Å²) in [6, 6.07) is 7.38. The molecule has 0 radical (unpaired) electrons. The number of hydrogen-bond acceptors (Lipinski definition) is 5. The van der Waals surface area contributed by atoms with Crippen LogP contribution in [0.3, 0.4) is 0 Å². The van der Waals surface area contributed by atoms with Crippen molar-refractivity contribution in [3.8, 4) is 0 Å². The fourth-order valence-corrected chi connectivity index (χ4v) is 4.50. The molecule has 1 atom stereocenters. The summed E-state index contributed by atoms with van der Waals surface area (Å²) >= 11 is 0. The van der Waals surface area contributed by atoms with E-state index in [2.05, 4.69) is 10.1 Å². The molecule has 2 aromatic rings. The molecule has 2 heterocycles. The predicted molar refractivity (Wildman–Crippen MR) is 79.2 cm³/mol. The first-order valence-electron chi connectivity index (χ1n) is 6.63. The Hall–Kier alpha value is -2.09. The topological polar surface area (TPSA) is 111 Å².